The molecule has 0 aliphatic heterocycles. The van der Waals surface area contributed by atoms with Crippen LogP contribution in [0.25, 0.3) is 0 Å². The summed E-state index contributed by atoms with van der Waals surface area (Å²) in [6.45, 7) is 0. The van der Waals surface area contributed by atoms with Crippen molar-refractivity contribution in [1.29, 1.82) is 0 Å². The number of hydrogen-bond acceptors (Lipinski definition) is 3. The second-order valence-corrected chi connectivity index (χ2v) is 6.65. The number of benzene rings is 1. The molecule has 0 saturated carbocycles. The highest BCUT2D eigenvalue weighted by atomic mass is 35.7. The van der Waals surface area contributed by atoms with Crippen LogP contribution in [0.4, 0.5) is 0 Å². The van der Waals surface area contributed by atoms with Gasteiger partial charge in [0.2, 0.25) is 9.05 Å². The molecule has 82 valence electrons. The first-order valence-electron chi connectivity index (χ1n) is 4.70. The maximum absolute atomic E-state index is 11.0. The van der Waals surface area contributed by atoms with Crippen molar-refractivity contribution in [2.24, 2.45) is 0 Å². The lowest BCUT2D eigenvalue weighted by Gasteiger charge is -2.08. The predicted molar refractivity (Wildman–Crippen MR) is 58.8 cm³/mol. The van der Waals surface area contributed by atoms with E-state index in [0.717, 1.165) is 24.0 Å². The maximum Gasteiger partial charge on any atom is 0.233 e. The van der Waals surface area contributed by atoms with E-state index in [2.05, 4.69) is 0 Å². The van der Waals surface area contributed by atoms with E-state index in [0.29, 0.717) is 0 Å². The van der Waals surface area contributed by atoms with Crippen molar-refractivity contribution in [3.05, 3.63) is 29.3 Å². The number of phenols is 1. The molecule has 0 fully saturated rings. The van der Waals surface area contributed by atoms with E-state index in [9.17, 15) is 13.5 Å². The van der Waals surface area contributed by atoms with Crippen LogP contribution in [0.3, 0.4) is 0 Å². The maximum atomic E-state index is 11.0. The summed E-state index contributed by atoms with van der Waals surface area (Å²) in [4.78, 5) is 0. The van der Waals surface area contributed by atoms with E-state index in [-0.39, 0.29) is 17.4 Å². The van der Waals surface area contributed by atoms with Crippen molar-refractivity contribution in [2.75, 3.05) is 5.75 Å². The Morgan fingerprint density at radius 3 is 2.87 bits per heavy atom. The SMILES string of the molecule is O=S(=O)(Cl)CC1CCc2cc(O)ccc21. The van der Waals surface area contributed by atoms with Gasteiger partial charge in [0.25, 0.3) is 0 Å². The first-order valence-corrected chi connectivity index (χ1v) is 7.18. The van der Waals surface area contributed by atoms with Crippen LogP contribution in [-0.2, 0) is 15.5 Å². The van der Waals surface area contributed by atoms with Crippen molar-refractivity contribution in [1.82, 2.24) is 0 Å². The lowest BCUT2D eigenvalue weighted by atomic mass is 10.0. The highest BCUT2D eigenvalue weighted by Crippen LogP contribution is 2.36. The Labute approximate surface area is 93.1 Å². The number of phenolic OH excluding ortho intramolecular Hbond substituents is 1. The van der Waals surface area contributed by atoms with Crippen molar-refractivity contribution < 1.29 is 13.5 Å². The van der Waals surface area contributed by atoms with Crippen molar-refractivity contribution in [3.63, 3.8) is 0 Å². The summed E-state index contributed by atoms with van der Waals surface area (Å²) < 4.78 is 22.0. The summed E-state index contributed by atoms with van der Waals surface area (Å²) >= 11 is 0. The first kappa shape index (κ1) is 10.8. The molecule has 1 N–H and O–H groups in total. The normalized spacial score (nSPS) is 20.2. The minimum absolute atomic E-state index is 0.0215. The number of fused-ring (bicyclic) bond motifs is 1. The zero-order chi connectivity index (χ0) is 11.1. The topological polar surface area (TPSA) is 54.4 Å². The number of rotatable bonds is 2. The average Bonchev–Trinajstić information content (AvgIpc) is 2.45. The molecule has 0 bridgehead atoms. The van der Waals surface area contributed by atoms with Gasteiger partial charge in [-0.1, -0.05) is 6.07 Å². The monoisotopic (exact) mass is 246 g/mol. The molecular weight excluding hydrogens is 236 g/mol. The molecule has 1 aliphatic carbocycles. The van der Waals surface area contributed by atoms with Gasteiger partial charge < -0.3 is 5.11 Å². The quantitative estimate of drug-likeness (QED) is 0.812. The Morgan fingerprint density at radius 2 is 2.20 bits per heavy atom. The lowest BCUT2D eigenvalue weighted by molar-refractivity contribution is 0.474. The standard InChI is InChI=1S/C10H11ClO3S/c11-15(13,14)6-8-2-1-7-5-9(12)3-4-10(7)8/h3-5,8,12H,1-2,6H2. The minimum atomic E-state index is -3.45. The largest absolute Gasteiger partial charge is 0.508 e. The molecule has 5 heteroatoms. The Balaban J connectivity index is 2.29. The van der Waals surface area contributed by atoms with Gasteiger partial charge in [-0.05, 0) is 42.0 Å². The summed E-state index contributed by atoms with van der Waals surface area (Å²) in [6.07, 6.45) is 1.59. The number of halogens is 1. The van der Waals surface area contributed by atoms with Gasteiger partial charge in [-0.2, -0.15) is 0 Å². The van der Waals surface area contributed by atoms with Crippen LogP contribution in [0.2, 0.25) is 0 Å². The number of aryl methyl sites for hydroxylation is 1. The van der Waals surface area contributed by atoms with Crippen LogP contribution in [0, 0.1) is 0 Å². The van der Waals surface area contributed by atoms with Crippen LogP contribution in [0.5, 0.6) is 5.75 Å². The molecule has 3 nitrogen and oxygen atoms in total. The Kier molecular flexibility index (Phi) is 2.64. The van der Waals surface area contributed by atoms with Gasteiger partial charge in [-0.15, -0.1) is 0 Å². The highest BCUT2D eigenvalue weighted by molar-refractivity contribution is 8.13. The summed E-state index contributed by atoms with van der Waals surface area (Å²) in [7, 11) is 1.78. The van der Waals surface area contributed by atoms with Crippen LogP contribution in [0.15, 0.2) is 18.2 Å². The molecule has 1 aromatic carbocycles. The molecule has 0 radical (unpaired) electrons. The molecule has 1 atom stereocenters. The molecular formula is C10H11ClO3S. The molecule has 0 amide bonds. The van der Waals surface area contributed by atoms with Crippen molar-refractivity contribution in [2.45, 2.75) is 18.8 Å². The molecule has 0 heterocycles. The van der Waals surface area contributed by atoms with Gasteiger partial charge >= 0.3 is 0 Å². The van der Waals surface area contributed by atoms with Gasteiger partial charge in [0.05, 0.1) is 5.75 Å². The van der Waals surface area contributed by atoms with E-state index >= 15 is 0 Å². The van der Waals surface area contributed by atoms with E-state index in [1.807, 2.05) is 0 Å². The fourth-order valence-corrected chi connectivity index (χ4v) is 3.39. The molecule has 0 spiro atoms. The van der Waals surface area contributed by atoms with E-state index < -0.39 is 9.05 Å². The van der Waals surface area contributed by atoms with Crippen LogP contribution in [0.1, 0.15) is 23.5 Å². The number of hydrogen-bond donors (Lipinski definition) is 1. The summed E-state index contributed by atoms with van der Waals surface area (Å²) in [5.74, 6) is 0.179. The summed E-state index contributed by atoms with van der Waals surface area (Å²) in [5.41, 5.74) is 2.03. The molecule has 0 aromatic heterocycles. The second-order valence-electron chi connectivity index (χ2n) is 3.82. The van der Waals surface area contributed by atoms with Crippen molar-refractivity contribution in [3.8, 4) is 5.75 Å². The third-order valence-corrected chi connectivity index (χ3v) is 3.91. The molecule has 1 aliphatic rings. The minimum Gasteiger partial charge on any atom is -0.508 e. The van der Waals surface area contributed by atoms with Gasteiger partial charge in [0, 0.05) is 10.7 Å². The fourth-order valence-electron chi connectivity index (χ4n) is 2.11. The Bertz CT molecular complexity index is 481. The third kappa shape index (κ3) is 2.44. The van der Waals surface area contributed by atoms with Crippen LogP contribution in [-0.4, -0.2) is 19.3 Å². The highest BCUT2D eigenvalue weighted by Gasteiger charge is 2.26. The van der Waals surface area contributed by atoms with Gasteiger partial charge in [-0.3, -0.25) is 0 Å². The first-order chi connectivity index (χ1) is 6.96. The zero-order valence-electron chi connectivity index (χ0n) is 7.98. The van der Waals surface area contributed by atoms with Gasteiger partial charge in [0.1, 0.15) is 5.75 Å². The van der Waals surface area contributed by atoms with Gasteiger partial charge in [-0.25, -0.2) is 8.42 Å². The van der Waals surface area contributed by atoms with Crippen molar-refractivity contribution >= 4 is 19.7 Å². The smallest absolute Gasteiger partial charge is 0.233 e. The molecule has 1 aromatic rings. The summed E-state index contributed by atoms with van der Waals surface area (Å²) in [6, 6.07) is 5.05. The second kappa shape index (κ2) is 3.68. The predicted octanol–water partition coefficient (Wildman–Crippen LogP) is 1.99. The average molecular weight is 247 g/mol. The Morgan fingerprint density at radius 1 is 1.47 bits per heavy atom. The molecule has 1 unspecified atom stereocenters. The lowest BCUT2D eigenvalue weighted by Crippen LogP contribution is -2.07. The molecule has 2 rings (SSSR count). The van der Waals surface area contributed by atoms with E-state index in [1.54, 1.807) is 18.2 Å². The van der Waals surface area contributed by atoms with Crippen LogP contribution >= 0.6 is 10.7 Å². The third-order valence-electron chi connectivity index (χ3n) is 2.73. The number of aromatic hydroxyl groups is 1. The van der Waals surface area contributed by atoms with E-state index in [4.69, 9.17) is 10.7 Å². The van der Waals surface area contributed by atoms with Crippen LogP contribution < -0.4 is 0 Å². The van der Waals surface area contributed by atoms with E-state index in [1.165, 1.54) is 0 Å². The summed E-state index contributed by atoms with van der Waals surface area (Å²) in [5, 5.41) is 9.27. The molecule has 0 saturated heterocycles. The Hall–Kier alpha value is -0.740. The zero-order valence-corrected chi connectivity index (χ0v) is 9.55. The van der Waals surface area contributed by atoms with Gasteiger partial charge in [0.15, 0.2) is 0 Å². The molecule has 15 heavy (non-hydrogen) atoms. The fraction of sp³-hybridized carbons (Fsp3) is 0.400.